The van der Waals surface area contributed by atoms with Crippen LogP contribution in [0.3, 0.4) is 0 Å². The molecule has 8 heteroatoms. The highest BCUT2D eigenvalue weighted by Gasteiger charge is 2.19. The summed E-state index contributed by atoms with van der Waals surface area (Å²) >= 11 is 10.7. The largest absolute Gasteiger partial charge is 0.389 e. The Balaban J connectivity index is 2.11. The highest BCUT2D eigenvalue weighted by Crippen LogP contribution is 2.18. The van der Waals surface area contributed by atoms with Crippen LogP contribution in [-0.2, 0) is 0 Å². The Labute approximate surface area is 140 Å². The fourth-order valence-electron chi connectivity index (χ4n) is 2.43. The van der Waals surface area contributed by atoms with Crippen LogP contribution in [-0.4, -0.2) is 46.3 Å². The van der Waals surface area contributed by atoms with Gasteiger partial charge in [-0.1, -0.05) is 23.8 Å². The second-order valence-corrected chi connectivity index (χ2v) is 5.81. The van der Waals surface area contributed by atoms with Crippen LogP contribution in [0, 0.1) is 11.3 Å². The summed E-state index contributed by atoms with van der Waals surface area (Å²) < 4.78 is 0. The van der Waals surface area contributed by atoms with E-state index in [1.165, 1.54) is 0 Å². The van der Waals surface area contributed by atoms with E-state index >= 15 is 0 Å². The predicted molar refractivity (Wildman–Crippen MR) is 90.5 cm³/mol. The summed E-state index contributed by atoms with van der Waals surface area (Å²) in [5, 5.41) is 17.6. The van der Waals surface area contributed by atoms with Gasteiger partial charge in [0, 0.05) is 31.9 Å². The molecule has 0 unspecified atom stereocenters. The van der Waals surface area contributed by atoms with Gasteiger partial charge in [-0.2, -0.15) is 5.26 Å². The van der Waals surface area contributed by atoms with Gasteiger partial charge in [0.2, 0.25) is 0 Å². The molecule has 0 saturated carbocycles. The SMILES string of the molecule is CC(=C(C#N)C(N)=S)N1CCCN(c2ccc(Cl)nn2)CC1. The monoisotopic (exact) mass is 336 g/mol. The average molecular weight is 337 g/mol. The Morgan fingerprint density at radius 1 is 1.32 bits per heavy atom. The van der Waals surface area contributed by atoms with Gasteiger partial charge in [-0.25, -0.2) is 0 Å². The zero-order valence-electron chi connectivity index (χ0n) is 12.3. The van der Waals surface area contributed by atoms with Crippen molar-refractivity contribution in [3.63, 3.8) is 0 Å². The number of hydrogen-bond acceptors (Lipinski definition) is 6. The fraction of sp³-hybridized carbons (Fsp3) is 0.429. The van der Waals surface area contributed by atoms with E-state index in [2.05, 4.69) is 26.1 Å². The summed E-state index contributed by atoms with van der Waals surface area (Å²) in [5.74, 6) is 0.808. The van der Waals surface area contributed by atoms with Gasteiger partial charge in [0.1, 0.15) is 16.6 Å². The van der Waals surface area contributed by atoms with Crippen LogP contribution >= 0.6 is 23.8 Å². The molecule has 22 heavy (non-hydrogen) atoms. The summed E-state index contributed by atoms with van der Waals surface area (Å²) in [6.45, 7) is 5.15. The number of aromatic nitrogens is 2. The molecule has 0 atom stereocenters. The Hall–Kier alpha value is -1.91. The molecule has 1 saturated heterocycles. The lowest BCUT2D eigenvalue weighted by molar-refractivity contribution is 0.369. The van der Waals surface area contributed by atoms with Gasteiger partial charge < -0.3 is 15.5 Å². The highest BCUT2D eigenvalue weighted by molar-refractivity contribution is 7.80. The molecule has 0 aromatic carbocycles. The number of thiocarbonyl (C=S) groups is 1. The van der Waals surface area contributed by atoms with Crippen LogP contribution in [0.5, 0.6) is 0 Å². The summed E-state index contributed by atoms with van der Waals surface area (Å²) in [4.78, 5) is 4.44. The average Bonchev–Trinajstić information content (AvgIpc) is 2.74. The molecule has 1 aliphatic heterocycles. The van der Waals surface area contributed by atoms with E-state index in [0.717, 1.165) is 44.1 Å². The zero-order valence-corrected chi connectivity index (χ0v) is 13.9. The molecule has 116 valence electrons. The molecule has 1 fully saturated rings. The van der Waals surface area contributed by atoms with E-state index in [1.54, 1.807) is 6.07 Å². The van der Waals surface area contributed by atoms with Gasteiger partial charge >= 0.3 is 0 Å². The van der Waals surface area contributed by atoms with Crippen LogP contribution in [0.4, 0.5) is 5.82 Å². The fourth-order valence-corrected chi connectivity index (χ4v) is 2.73. The normalized spacial score (nSPS) is 16.6. The number of nitrogens with two attached hydrogens (primary N) is 1. The lowest BCUT2D eigenvalue weighted by atomic mass is 10.2. The Bertz CT molecular complexity index is 621. The molecule has 1 aliphatic rings. The van der Waals surface area contributed by atoms with Crippen molar-refractivity contribution < 1.29 is 0 Å². The van der Waals surface area contributed by atoms with E-state index in [1.807, 2.05) is 13.0 Å². The van der Waals surface area contributed by atoms with Crippen molar-refractivity contribution in [2.45, 2.75) is 13.3 Å². The number of allylic oxidation sites excluding steroid dienone is 1. The minimum absolute atomic E-state index is 0.143. The van der Waals surface area contributed by atoms with Gasteiger partial charge in [0.15, 0.2) is 11.0 Å². The second-order valence-electron chi connectivity index (χ2n) is 4.98. The van der Waals surface area contributed by atoms with Crippen molar-refractivity contribution >= 4 is 34.6 Å². The van der Waals surface area contributed by atoms with Crippen LogP contribution in [0.1, 0.15) is 13.3 Å². The molecule has 2 N–H and O–H groups in total. The maximum Gasteiger partial charge on any atom is 0.151 e. The van der Waals surface area contributed by atoms with E-state index < -0.39 is 0 Å². The number of hydrogen-bond donors (Lipinski definition) is 1. The molecule has 0 amide bonds. The van der Waals surface area contributed by atoms with Crippen LogP contribution in [0.25, 0.3) is 0 Å². The molecule has 0 radical (unpaired) electrons. The predicted octanol–water partition coefficient (Wildman–Crippen LogP) is 1.73. The Kier molecular flexibility index (Phi) is 5.52. The standard InChI is InChI=1S/C14H17ClN6S/c1-10(11(9-16)14(17)22)20-5-2-6-21(8-7-20)13-4-3-12(15)18-19-13/h3-4H,2,5-8H2,1H3,(H2,17,22). The molecule has 0 bridgehead atoms. The van der Waals surface area contributed by atoms with Crippen molar-refractivity contribution in [2.75, 3.05) is 31.1 Å². The second kappa shape index (κ2) is 7.38. The van der Waals surface area contributed by atoms with Gasteiger partial charge in [0.05, 0.1) is 0 Å². The first-order chi connectivity index (χ1) is 10.5. The zero-order chi connectivity index (χ0) is 16.1. The quantitative estimate of drug-likeness (QED) is 0.511. The van der Waals surface area contributed by atoms with Gasteiger partial charge in [0.25, 0.3) is 0 Å². The molecule has 2 heterocycles. The Morgan fingerprint density at radius 2 is 2.09 bits per heavy atom. The first-order valence-electron chi connectivity index (χ1n) is 6.93. The smallest absolute Gasteiger partial charge is 0.151 e. The number of halogens is 1. The maximum absolute atomic E-state index is 9.18. The maximum atomic E-state index is 9.18. The molecular formula is C14H17ClN6S. The van der Waals surface area contributed by atoms with Crippen molar-refractivity contribution in [1.82, 2.24) is 15.1 Å². The van der Waals surface area contributed by atoms with Gasteiger partial charge in [-0.05, 0) is 25.5 Å². The molecule has 0 spiro atoms. The van der Waals surface area contributed by atoms with Crippen molar-refractivity contribution in [2.24, 2.45) is 5.73 Å². The molecular weight excluding hydrogens is 320 g/mol. The number of nitriles is 1. The molecule has 1 aromatic rings. The van der Waals surface area contributed by atoms with Crippen molar-refractivity contribution in [3.05, 3.63) is 28.6 Å². The van der Waals surface area contributed by atoms with Gasteiger partial charge in [-0.15, -0.1) is 10.2 Å². The third-order valence-corrected chi connectivity index (χ3v) is 4.04. The third-order valence-electron chi connectivity index (χ3n) is 3.63. The number of nitrogens with zero attached hydrogens (tertiary/aromatic N) is 5. The van der Waals surface area contributed by atoms with E-state index in [9.17, 15) is 5.26 Å². The van der Waals surface area contributed by atoms with Crippen LogP contribution in [0.2, 0.25) is 5.15 Å². The lowest BCUT2D eigenvalue weighted by Gasteiger charge is -2.25. The minimum atomic E-state index is 0.143. The molecule has 1 aromatic heterocycles. The van der Waals surface area contributed by atoms with Gasteiger partial charge in [-0.3, -0.25) is 0 Å². The number of rotatable bonds is 3. The topological polar surface area (TPSA) is 82.1 Å². The van der Waals surface area contributed by atoms with E-state index in [0.29, 0.717) is 10.7 Å². The van der Waals surface area contributed by atoms with E-state index in [4.69, 9.17) is 29.6 Å². The van der Waals surface area contributed by atoms with Crippen molar-refractivity contribution in [1.29, 1.82) is 5.26 Å². The summed E-state index contributed by atoms with van der Waals surface area (Å²) in [6.07, 6.45) is 0.942. The van der Waals surface area contributed by atoms with Crippen LogP contribution < -0.4 is 10.6 Å². The Morgan fingerprint density at radius 3 is 2.68 bits per heavy atom. The summed E-state index contributed by atoms with van der Waals surface area (Å²) in [6, 6.07) is 5.69. The van der Waals surface area contributed by atoms with Crippen molar-refractivity contribution in [3.8, 4) is 6.07 Å². The summed E-state index contributed by atoms with van der Waals surface area (Å²) in [7, 11) is 0. The number of anilines is 1. The highest BCUT2D eigenvalue weighted by atomic mass is 35.5. The van der Waals surface area contributed by atoms with Crippen LogP contribution in [0.15, 0.2) is 23.4 Å². The summed E-state index contributed by atoms with van der Waals surface area (Å²) in [5.41, 5.74) is 6.83. The third kappa shape index (κ3) is 3.84. The first kappa shape index (κ1) is 16.5. The minimum Gasteiger partial charge on any atom is -0.389 e. The molecule has 6 nitrogen and oxygen atoms in total. The van der Waals surface area contributed by atoms with E-state index in [-0.39, 0.29) is 4.99 Å². The molecule has 0 aliphatic carbocycles. The first-order valence-corrected chi connectivity index (χ1v) is 7.71. The molecule has 2 rings (SSSR count). The lowest BCUT2D eigenvalue weighted by Crippen LogP contribution is -2.31.